The van der Waals surface area contributed by atoms with E-state index in [4.69, 9.17) is 9.47 Å². The molecule has 0 aliphatic carbocycles. The summed E-state index contributed by atoms with van der Waals surface area (Å²) in [5, 5.41) is 3.51. The van der Waals surface area contributed by atoms with Crippen molar-refractivity contribution >= 4 is 0 Å². The first kappa shape index (κ1) is 12.9. The Morgan fingerprint density at radius 3 is 2.40 bits per heavy atom. The van der Waals surface area contributed by atoms with Crippen LogP contribution in [0.15, 0.2) is 0 Å². The van der Waals surface area contributed by atoms with Crippen molar-refractivity contribution in [2.45, 2.75) is 71.4 Å². The molecule has 1 heterocycles. The Morgan fingerprint density at radius 1 is 1.20 bits per heavy atom. The molecule has 1 saturated heterocycles. The maximum absolute atomic E-state index is 5.88. The Kier molecular flexibility index (Phi) is 5.03. The van der Waals surface area contributed by atoms with Crippen molar-refractivity contribution in [3.05, 3.63) is 0 Å². The zero-order valence-corrected chi connectivity index (χ0v) is 10.6. The van der Waals surface area contributed by atoms with E-state index in [1.165, 1.54) is 0 Å². The molecule has 0 radical (unpaired) electrons. The summed E-state index contributed by atoms with van der Waals surface area (Å²) in [6, 6.07) is 0.888. The summed E-state index contributed by atoms with van der Waals surface area (Å²) in [6.07, 6.45) is 1.98. The van der Waals surface area contributed by atoms with E-state index < -0.39 is 0 Å². The van der Waals surface area contributed by atoms with Crippen LogP contribution < -0.4 is 5.32 Å². The summed E-state index contributed by atoms with van der Waals surface area (Å²) in [5.41, 5.74) is 0. The Morgan fingerprint density at radius 2 is 1.87 bits per heavy atom. The summed E-state index contributed by atoms with van der Waals surface area (Å²) in [5.74, 6) is 0. The van der Waals surface area contributed by atoms with Gasteiger partial charge in [-0.25, -0.2) is 0 Å². The highest BCUT2D eigenvalue weighted by molar-refractivity contribution is 4.90. The van der Waals surface area contributed by atoms with Crippen molar-refractivity contribution in [2.75, 3.05) is 6.61 Å². The van der Waals surface area contributed by atoms with Crippen molar-refractivity contribution in [2.24, 2.45) is 0 Å². The van der Waals surface area contributed by atoms with Gasteiger partial charge in [0.2, 0.25) is 0 Å². The Balaban J connectivity index is 2.38. The van der Waals surface area contributed by atoms with Crippen LogP contribution in [0.25, 0.3) is 0 Å². The van der Waals surface area contributed by atoms with Gasteiger partial charge in [-0.3, -0.25) is 0 Å². The van der Waals surface area contributed by atoms with Crippen molar-refractivity contribution in [3.8, 4) is 0 Å². The number of hydrogen-bond acceptors (Lipinski definition) is 3. The maximum atomic E-state index is 5.88. The average Bonchev–Trinajstić information content (AvgIpc) is 2.41. The normalized spacial score (nSPS) is 31.8. The number of ether oxygens (including phenoxy) is 2. The number of rotatable bonds is 5. The fraction of sp³-hybridized carbons (Fsp3) is 1.00. The van der Waals surface area contributed by atoms with Gasteiger partial charge in [-0.05, 0) is 41.0 Å². The average molecular weight is 215 g/mol. The first-order valence-electron chi connectivity index (χ1n) is 6.02. The molecule has 1 N–H and O–H groups in total. The predicted octanol–water partition coefficient (Wildman–Crippen LogP) is 1.96. The van der Waals surface area contributed by atoms with Gasteiger partial charge in [-0.15, -0.1) is 0 Å². The monoisotopic (exact) mass is 215 g/mol. The molecule has 90 valence electrons. The molecule has 0 bridgehead atoms. The Labute approximate surface area is 93.5 Å². The minimum atomic E-state index is 0.294. The Bertz CT molecular complexity index is 182. The molecule has 3 nitrogen and oxygen atoms in total. The molecule has 0 aromatic rings. The van der Waals surface area contributed by atoms with Crippen LogP contribution in [0.2, 0.25) is 0 Å². The van der Waals surface area contributed by atoms with Crippen LogP contribution in [0, 0.1) is 0 Å². The van der Waals surface area contributed by atoms with E-state index in [1.54, 1.807) is 0 Å². The third-order valence-electron chi connectivity index (χ3n) is 2.59. The summed E-state index contributed by atoms with van der Waals surface area (Å²) < 4.78 is 11.5. The molecule has 1 rings (SSSR count). The van der Waals surface area contributed by atoms with Gasteiger partial charge in [-0.2, -0.15) is 0 Å². The molecule has 0 aromatic carbocycles. The summed E-state index contributed by atoms with van der Waals surface area (Å²) in [4.78, 5) is 0. The molecular weight excluding hydrogens is 190 g/mol. The second-order valence-corrected chi connectivity index (χ2v) is 5.02. The van der Waals surface area contributed by atoms with Gasteiger partial charge in [0, 0.05) is 6.04 Å². The lowest BCUT2D eigenvalue weighted by Gasteiger charge is -2.23. The van der Waals surface area contributed by atoms with Crippen LogP contribution in [-0.4, -0.2) is 37.0 Å². The molecule has 3 heteroatoms. The number of hydrogen-bond donors (Lipinski definition) is 1. The molecular formula is C12H25NO2. The van der Waals surface area contributed by atoms with Crippen LogP contribution in [-0.2, 0) is 9.47 Å². The van der Waals surface area contributed by atoms with Crippen molar-refractivity contribution < 1.29 is 9.47 Å². The minimum absolute atomic E-state index is 0.294. The standard InChI is InChI=1S/C12H25NO2/c1-8(2)14-7-11-12(15-9(3)4)6-10(5)13-11/h8-13H,6-7H2,1-5H3/t10?,11?,12-/m0/s1. The van der Waals surface area contributed by atoms with Crippen LogP contribution in [0.4, 0.5) is 0 Å². The van der Waals surface area contributed by atoms with Gasteiger partial charge in [0.25, 0.3) is 0 Å². The number of nitrogens with one attached hydrogen (secondary N) is 1. The highest BCUT2D eigenvalue weighted by Crippen LogP contribution is 2.18. The van der Waals surface area contributed by atoms with Gasteiger partial charge in [0.1, 0.15) is 0 Å². The van der Waals surface area contributed by atoms with E-state index in [0.717, 1.165) is 13.0 Å². The molecule has 0 aromatic heterocycles. The van der Waals surface area contributed by atoms with E-state index in [1.807, 2.05) is 0 Å². The fourth-order valence-electron chi connectivity index (χ4n) is 2.01. The van der Waals surface area contributed by atoms with Gasteiger partial charge in [-0.1, -0.05) is 0 Å². The Hall–Kier alpha value is -0.120. The zero-order valence-electron chi connectivity index (χ0n) is 10.6. The second kappa shape index (κ2) is 5.83. The lowest BCUT2D eigenvalue weighted by atomic mass is 10.1. The summed E-state index contributed by atoms with van der Waals surface area (Å²) in [7, 11) is 0. The molecule has 1 fully saturated rings. The molecule has 1 aliphatic heterocycles. The molecule has 0 spiro atoms. The van der Waals surface area contributed by atoms with E-state index in [9.17, 15) is 0 Å². The van der Waals surface area contributed by atoms with Gasteiger partial charge >= 0.3 is 0 Å². The summed E-state index contributed by atoms with van der Waals surface area (Å²) in [6.45, 7) is 11.3. The van der Waals surface area contributed by atoms with Gasteiger partial charge < -0.3 is 14.8 Å². The first-order chi connectivity index (χ1) is 6.99. The lowest BCUT2D eigenvalue weighted by molar-refractivity contribution is -0.0265. The second-order valence-electron chi connectivity index (χ2n) is 5.02. The third kappa shape index (κ3) is 4.49. The smallest absolute Gasteiger partial charge is 0.0768 e. The molecule has 1 aliphatic rings. The van der Waals surface area contributed by atoms with E-state index in [-0.39, 0.29) is 0 Å². The minimum Gasteiger partial charge on any atom is -0.377 e. The van der Waals surface area contributed by atoms with Crippen LogP contribution in [0.1, 0.15) is 41.0 Å². The van der Waals surface area contributed by atoms with Crippen LogP contribution >= 0.6 is 0 Å². The van der Waals surface area contributed by atoms with E-state index in [0.29, 0.717) is 30.4 Å². The van der Waals surface area contributed by atoms with Gasteiger partial charge in [0.15, 0.2) is 0 Å². The largest absolute Gasteiger partial charge is 0.377 e. The highest BCUT2D eigenvalue weighted by Gasteiger charge is 2.32. The van der Waals surface area contributed by atoms with Crippen LogP contribution in [0.3, 0.4) is 0 Å². The maximum Gasteiger partial charge on any atom is 0.0768 e. The lowest BCUT2D eigenvalue weighted by Crippen LogP contribution is -2.39. The molecule has 0 saturated carbocycles. The van der Waals surface area contributed by atoms with Gasteiger partial charge in [0.05, 0.1) is 31.0 Å². The van der Waals surface area contributed by atoms with Crippen LogP contribution in [0.5, 0.6) is 0 Å². The fourth-order valence-corrected chi connectivity index (χ4v) is 2.01. The zero-order chi connectivity index (χ0) is 11.4. The topological polar surface area (TPSA) is 30.5 Å². The third-order valence-corrected chi connectivity index (χ3v) is 2.59. The van der Waals surface area contributed by atoms with E-state index >= 15 is 0 Å². The quantitative estimate of drug-likeness (QED) is 0.760. The van der Waals surface area contributed by atoms with Crippen molar-refractivity contribution in [1.82, 2.24) is 5.32 Å². The summed E-state index contributed by atoms with van der Waals surface area (Å²) >= 11 is 0. The van der Waals surface area contributed by atoms with Crippen molar-refractivity contribution in [3.63, 3.8) is 0 Å². The molecule has 15 heavy (non-hydrogen) atoms. The molecule has 2 unspecified atom stereocenters. The SMILES string of the molecule is CC1C[C@H](OC(C)C)C(COC(C)C)N1. The highest BCUT2D eigenvalue weighted by atomic mass is 16.5. The first-order valence-corrected chi connectivity index (χ1v) is 6.02. The molecule has 3 atom stereocenters. The van der Waals surface area contributed by atoms with E-state index in [2.05, 4.69) is 39.9 Å². The predicted molar refractivity (Wildman–Crippen MR) is 62.1 cm³/mol. The van der Waals surface area contributed by atoms with Crippen molar-refractivity contribution in [1.29, 1.82) is 0 Å². The molecule has 0 amide bonds.